The predicted molar refractivity (Wildman–Crippen MR) is 112 cm³/mol. The van der Waals surface area contributed by atoms with Gasteiger partial charge in [-0.2, -0.15) is 0 Å². The van der Waals surface area contributed by atoms with E-state index in [1.54, 1.807) is 0 Å². The van der Waals surface area contributed by atoms with E-state index in [9.17, 15) is 19.5 Å². The molecule has 0 amide bonds. The molecule has 4 bridgehead atoms. The minimum Gasteiger partial charge on any atom is -0.459 e. The van der Waals surface area contributed by atoms with Gasteiger partial charge in [0.2, 0.25) is 5.60 Å². The van der Waals surface area contributed by atoms with Crippen LogP contribution in [0.5, 0.6) is 0 Å². The lowest BCUT2D eigenvalue weighted by atomic mass is 9.82. The van der Waals surface area contributed by atoms with Crippen molar-refractivity contribution in [1.29, 1.82) is 0 Å². The van der Waals surface area contributed by atoms with E-state index in [0.29, 0.717) is 23.5 Å². The number of rotatable bonds is 4. The van der Waals surface area contributed by atoms with Crippen molar-refractivity contribution in [3.8, 4) is 0 Å². The lowest BCUT2D eigenvalue weighted by Gasteiger charge is -2.31. The molecule has 1 aromatic heterocycles. The number of aliphatic hydroxyl groups excluding tert-OH is 1. The Hall–Kier alpha value is -2.69. The Morgan fingerprint density at radius 2 is 1.94 bits per heavy atom. The summed E-state index contributed by atoms with van der Waals surface area (Å²) >= 11 is 0. The highest BCUT2D eigenvalue weighted by atomic mass is 16.7. The highest BCUT2D eigenvalue weighted by Crippen LogP contribution is 2.60. The fraction of sp³-hybridized carbons (Fsp3) is 0.625. The third-order valence-corrected chi connectivity index (χ3v) is 7.23. The third kappa shape index (κ3) is 3.47. The zero-order valence-corrected chi connectivity index (χ0v) is 19.5. The quantitative estimate of drug-likeness (QED) is 0.297. The second-order valence-electron chi connectivity index (χ2n) is 9.77. The summed E-state index contributed by atoms with van der Waals surface area (Å²) in [4.78, 5) is 37.1. The Kier molecular flexibility index (Phi) is 5.20. The van der Waals surface area contributed by atoms with Crippen LogP contribution in [-0.4, -0.2) is 59.1 Å². The Morgan fingerprint density at radius 3 is 2.56 bits per heavy atom. The summed E-state index contributed by atoms with van der Waals surface area (Å²) < 4.78 is 34.9. The van der Waals surface area contributed by atoms with E-state index in [2.05, 4.69) is 6.58 Å². The van der Waals surface area contributed by atoms with Gasteiger partial charge in [-0.25, -0.2) is 4.79 Å². The first kappa shape index (κ1) is 23.1. The van der Waals surface area contributed by atoms with Crippen LogP contribution in [0.25, 0.3) is 0 Å². The molecule has 10 heteroatoms. The second-order valence-corrected chi connectivity index (χ2v) is 9.77. The van der Waals surface area contributed by atoms with Crippen LogP contribution in [0.4, 0.5) is 0 Å². The highest BCUT2D eigenvalue weighted by Gasteiger charge is 2.79. The molecule has 8 atom stereocenters. The van der Waals surface area contributed by atoms with Crippen molar-refractivity contribution in [2.45, 2.75) is 82.3 Å². The van der Waals surface area contributed by atoms with Gasteiger partial charge in [-0.1, -0.05) is 6.58 Å². The van der Waals surface area contributed by atoms with Gasteiger partial charge < -0.3 is 33.2 Å². The van der Waals surface area contributed by atoms with Crippen LogP contribution in [-0.2, 0) is 38.1 Å². The van der Waals surface area contributed by atoms with Crippen LogP contribution in [0.2, 0.25) is 0 Å². The molecule has 4 aliphatic heterocycles. The van der Waals surface area contributed by atoms with Crippen LogP contribution in [0, 0.1) is 12.8 Å². The molecule has 5 rings (SSSR count). The van der Waals surface area contributed by atoms with Crippen molar-refractivity contribution >= 4 is 17.9 Å². The van der Waals surface area contributed by atoms with Crippen LogP contribution < -0.4 is 0 Å². The Labute approximate surface area is 196 Å². The number of aryl methyl sites for hydroxylation is 1. The number of aliphatic hydroxyl groups is 1. The van der Waals surface area contributed by atoms with Crippen molar-refractivity contribution in [2.24, 2.45) is 5.92 Å². The Morgan fingerprint density at radius 1 is 1.24 bits per heavy atom. The van der Waals surface area contributed by atoms with Gasteiger partial charge in [0, 0.05) is 26.2 Å². The fourth-order valence-corrected chi connectivity index (χ4v) is 5.47. The molecule has 0 aromatic carbocycles. The molecule has 184 valence electrons. The number of furan rings is 1. The highest BCUT2D eigenvalue weighted by molar-refractivity contribution is 5.88. The molecule has 3 fully saturated rings. The van der Waals surface area contributed by atoms with Crippen LogP contribution >= 0.6 is 0 Å². The molecule has 0 aliphatic carbocycles. The monoisotopic (exact) mass is 476 g/mol. The molecule has 0 unspecified atom stereocenters. The minimum absolute atomic E-state index is 0.0120. The van der Waals surface area contributed by atoms with Crippen molar-refractivity contribution < 1.29 is 47.6 Å². The van der Waals surface area contributed by atoms with Gasteiger partial charge in [0.15, 0.2) is 6.10 Å². The standard InChI is InChI=1S/C24H28O10/c1-10-6-15-20-23(5,33-20)8-16-21-24(34-21,22(28)32-16)17(29-12(3)26)7-14(11(2)9-25)19(18(10)31-15)30-13(4)27/h6,14,16-17,19-21,25H,2,7-9H2,1,3-5H3/t14-,16-,17+,19-,20+,21-,23+,24-/m1/s1. The van der Waals surface area contributed by atoms with E-state index in [1.165, 1.54) is 13.8 Å². The molecule has 1 N–H and O–H groups in total. The number of epoxide rings is 2. The van der Waals surface area contributed by atoms with Gasteiger partial charge in [-0.15, -0.1) is 0 Å². The normalized spacial score (nSPS) is 39.9. The summed E-state index contributed by atoms with van der Waals surface area (Å²) in [5.74, 6) is -1.61. The molecule has 3 saturated heterocycles. The maximum atomic E-state index is 13.0. The van der Waals surface area contributed by atoms with Gasteiger partial charge in [-0.3, -0.25) is 9.59 Å². The Balaban J connectivity index is 1.64. The number of carbonyl (C=O) groups excluding carboxylic acids is 3. The molecule has 0 radical (unpaired) electrons. The summed E-state index contributed by atoms with van der Waals surface area (Å²) in [5.41, 5.74) is -1.07. The Bertz CT molecular complexity index is 1070. The maximum Gasteiger partial charge on any atom is 0.345 e. The number of hydrogen-bond donors (Lipinski definition) is 1. The van der Waals surface area contributed by atoms with Crippen molar-refractivity contribution in [2.75, 3.05) is 6.61 Å². The van der Waals surface area contributed by atoms with Gasteiger partial charge in [0.1, 0.15) is 41.5 Å². The number of fused-ring (bicyclic) bond motifs is 4. The van der Waals surface area contributed by atoms with Gasteiger partial charge in [0.05, 0.1) is 6.61 Å². The van der Waals surface area contributed by atoms with Crippen molar-refractivity contribution in [3.63, 3.8) is 0 Å². The molecule has 1 aromatic rings. The van der Waals surface area contributed by atoms with Gasteiger partial charge in [0.25, 0.3) is 0 Å². The average molecular weight is 476 g/mol. The first-order valence-electron chi connectivity index (χ1n) is 11.3. The van der Waals surface area contributed by atoms with E-state index in [1.807, 2.05) is 19.9 Å². The summed E-state index contributed by atoms with van der Waals surface area (Å²) in [7, 11) is 0. The number of ether oxygens (including phenoxy) is 5. The maximum absolute atomic E-state index is 13.0. The second kappa shape index (κ2) is 7.66. The molecule has 0 spiro atoms. The summed E-state index contributed by atoms with van der Waals surface area (Å²) in [6.45, 7) is 9.75. The zero-order valence-electron chi connectivity index (χ0n) is 19.5. The summed E-state index contributed by atoms with van der Waals surface area (Å²) in [6.07, 6.45) is -3.26. The van der Waals surface area contributed by atoms with Crippen LogP contribution in [0.1, 0.15) is 62.9 Å². The first-order valence-corrected chi connectivity index (χ1v) is 11.3. The van der Waals surface area contributed by atoms with Crippen LogP contribution in [0.3, 0.4) is 0 Å². The zero-order chi connectivity index (χ0) is 24.6. The van der Waals surface area contributed by atoms with Crippen molar-refractivity contribution in [1.82, 2.24) is 0 Å². The summed E-state index contributed by atoms with van der Waals surface area (Å²) in [5, 5.41) is 9.96. The predicted octanol–water partition coefficient (Wildman–Crippen LogP) is 1.98. The molecule has 10 nitrogen and oxygen atoms in total. The average Bonchev–Trinajstić information content (AvgIpc) is 3.58. The number of esters is 3. The van der Waals surface area contributed by atoms with E-state index in [-0.39, 0.29) is 12.5 Å². The van der Waals surface area contributed by atoms with Gasteiger partial charge >= 0.3 is 17.9 Å². The number of carbonyl (C=O) groups is 3. The molecular weight excluding hydrogens is 448 g/mol. The minimum atomic E-state index is -1.47. The SMILES string of the molecule is C=C(CO)[C@H]1C[C@H](OC(C)=O)[C@@]23O[C@@H]2[C@@H](C[C@]2(C)O[C@H]2c2cc(C)c(o2)[C@@H]1OC(C)=O)OC3=O. The molecule has 34 heavy (non-hydrogen) atoms. The topological polar surface area (TPSA) is 137 Å². The lowest BCUT2D eigenvalue weighted by molar-refractivity contribution is -0.168. The smallest absolute Gasteiger partial charge is 0.345 e. The summed E-state index contributed by atoms with van der Waals surface area (Å²) in [6, 6.07) is 1.83. The fourth-order valence-electron chi connectivity index (χ4n) is 5.47. The number of hydrogen-bond acceptors (Lipinski definition) is 10. The van der Waals surface area contributed by atoms with E-state index in [4.69, 9.17) is 28.1 Å². The first-order chi connectivity index (χ1) is 16.0. The largest absolute Gasteiger partial charge is 0.459 e. The van der Waals surface area contributed by atoms with E-state index < -0.39 is 66.1 Å². The van der Waals surface area contributed by atoms with E-state index in [0.717, 1.165) is 5.56 Å². The van der Waals surface area contributed by atoms with E-state index >= 15 is 0 Å². The molecule has 5 heterocycles. The molecule has 0 saturated carbocycles. The van der Waals surface area contributed by atoms with Crippen LogP contribution in [0.15, 0.2) is 22.6 Å². The molecular formula is C24H28O10. The third-order valence-electron chi connectivity index (χ3n) is 7.23. The molecule has 4 aliphatic rings. The lowest BCUT2D eigenvalue weighted by Crippen LogP contribution is -2.43. The van der Waals surface area contributed by atoms with Gasteiger partial charge in [-0.05, 0) is 37.5 Å². The van der Waals surface area contributed by atoms with Crippen molar-refractivity contribution in [3.05, 3.63) is 35.3 Å².